The van der Waals surface area contributed by atoms with Gasteiger partial charge in [-0.1, -0.05) is 12.1 Å². The maximum Gasteiger partial charge on any atom is 0.304 e. The van der Waals surface area contributed by atoms with Gasteiger partial charge in [-0.25, -0.2) is 0 Å². The second-order valence-electron chi connectivity index (χ2n) is 5.27. The molecular weight excluding hydrogens is 272 g/mol. The van der Waals surface area contributed by atoms with E-state index in [0.29, 0.717) is 19.4 Å². The molecule has 114 valence electrons. The van der Waals surface area contributed by atoms with Crippen LogP contribution in [0.4, 0.5) is 5.69 Å². The largest absolute Gasteiger partial charge is 0.481 e. The van der Waals surface area contributed by atoms with Crippen molar-refractivity contribution in [2.75, 3.05) is 25.1 Å². The smallest absolute Gasteiger partial charge is 0.304 e. The number of rotatable bonds is 7. The van der Waals surface area contributed by atoms with Crippen LogP contribution in [-0.2, 0) is 22.4 Å². The monoisotopic (exact) mass is 292 g/mol. The number of aliphatic carboxylic acids is 1. The van der Waals surface area contributed by atoms with E-state index in [0.717, 1.165) is 16.8 Å². The molecule has 0 spiro atoms. The van der Waals surface area contributed by atoms with Gasteiger partial charge >= 0.3 is 5.97 Å². The van der Waals surface area contributed by atoms with E-state index in [2.05, 4.69) is 5.32 Å². The van der Waals surface area contributed by atoms with Crippen LogP contribution in [0, 0.1) is 0 Å². The summed E-state index contributed by atoms with van der Waals surface area (Å²) in [6, 6.07) is 5.55. The molecule has 1 aromatic rings. The lowest BCUT2D eigenvalue weighted by Gasteiger charge is -2.17. The number of nitrogens with one attached hydrogen (secondary N) is 1. The molecule has 1 aromatic carbocycles. The molecule has 21 heavy (non-hydrogen) atoms. The molecule has 3 N–H and O–H groups in total. The minimum absolute atomic E-state index is 0.00405. The highest BCUT2D eigenvalue weighted by atomic mass is 16.4. The van der Waals surface area contributed by atoms with Gasteiger partial charge in [0.1, 0.15) is 0 Å². The molecule has 1 aliphatic rings. The van der Waals surface area contributed by atoms with Crippen molar-refractivity contribution in [3.05, 3.63) is 29.3 Å². The van der Waals surface area contributed by atoms with Crippen molar-refractivity contribution in [3.8, 4) is 0 Å². The summed E-state index contributed by atoms with van der Waals surface area (Å²) in [7, 11) is 1.75. The fourth-order valence-corrected chi connectivity index (χ4v) is 2.63. The molecule has 2 rings (SSSR count). The van der Waals surface area contributed by atoms with Crippen LogP contribution in [0.25, 0.3) is 0 Å². The number of carboxylic acid groups (broad SMARTS) is 1. The SMILES string of the molecule is CN1C(=O)Cc2cc(CC(CC(=O)O)NCCO)ccc21. The molecule has 0 aliphatic carbocycles. The number of carbonyl (C=O) groups excluding carboxylic acids is 1. The van der Waals surface area contributed by atoms with E-state index < -0.39 is 5.97 Å². The lowest BCUT2D eigenvalue weighted by molar-refractivity contribution is -0.137. The minimum atomic E-state index is -0.874. The van der Waals surface area contributed by atoms with Gasteiger partial charge in [0.2, 0.25) is 5.91 Å². The Morgan fingerprint density at radius 2 is 2.24 bits per heavy atom. The van der Waals surface area contributed by atoms with Gasteiger partial charge in [0.25, 0.3) is 0 Å². The molecule has 0 radical (unpaired) electrons. The van der Waals surface area contributed by atoms with E-state index in [1.54, 1.807) is 11.9 Å². The summed E-state index contributed by atoms with van der Waals surface area (Å²) in [6.07, 6.45) is 0.945. The number of aliphatic hydroxyl groups excluding tert-OH is 1. The van der Waals surface area contributed by atoms with Crippen molar-refractivity contribution in [2.45, 2.75) is 25.3 Å². The van der Waals surface area contributed by atoms with Crippen LogP contribution < -0.4 is 10.2 Å². The lowest BCUT2D eigenvalue weighted by Crippen LogP contribution is -2.35. The van der Waals surface area contributed by atoms with Gasteiger partial charge in [0, 0.05) is 25.3 Å². The zero-order valence-corrected chi connectivity index (χ0v) is 12.0. The quantitative estimate of drug-likeness (QED) is 0.667. The summed E-state index contributed by atoms with van der Waals surface area (Å²) in [5.41, 5.74) is 2.90. The van der Waals surface area contributed by atoms with E-state index in [-0.39, 0.29) is 25.0 Å². The fraction of sp³-hybridized carbons (Fsp3) is 0.467. The van der Waals surface area contributed by atoms with Crippen LogP contribution in [0.2, 0.25) is 0 Å². The molecule has 0 bridgehead atoms. The number of likely N-dealkylation sites (N-methyl/N-ethyl adjacent to an activating group) is 1. The first-order chi connectivity index (χ1) is 10.0. The molecule has 1 aliphatic heterocycles. The van der Waals surface area contributed by atoms with Gasteiger partial charge in [-0.15, -0.1) is 0 Å². The fourth-order valence-electron chi connectivity index (χ4n) is 2.63. The van der Waals surface area contributed by atoms with Crippen molar-refractivity contribution in [1.29, 1.82) is 0 Å². The highest BCUT2D eigenvalue weighted by Gasteiger charge is 2.24. The number of hydrogen-bond donors (Lipinski definition) is 3. The van der Waals surface area contributed by atoms with Crippen LogP contribution in [-0.4, -0.2) is 48.3 Å². The number of fused-ring (bicyclic) bond motifs is 1. The second kappa shape index (κ2) is 6.69. The first kappa shape index (κ1) is 15.5. The van der Waals surface area contributed by atoms with Crippen LogP contribution in [0.5, 0.6) is 0 Å². The predicted octanol–water partition coefficient (Wildman–Crippen LogP) is 0.173. The molecular formula is C15H20N2O4. The normalized spacial score (nSPS) is 15.1. The van der Waals surface area contributed by atoms with Gasteiger partial charge in [-0.3, -0.25) is 9.59 Å². The summed E-state index contributed by atoms with van der Waals surface area (Å²) in [5, 5.41) is 20.8. The van der Waals surface area contributed by atoms with Crippen LogP contribution in [0.3, 0.4) is 0 Å². The number of carboxylic acids is 1. The number of anilines is 1. The topological polar surface area (TPSA) is 89.9 Å². The van der Waals surface area contributed by atoms with Gasteiger partial charge in [0.05, 0.1) is 19.4 Å². The number of carbonyl (C=O) groups is 2. The molecule has 1 heterocycles. The maximum absolute atomic E-state index is 11.7. The van der Waals surface area contributed by atoms with Gasteiger partial charge < -0.3 is 20.4 Å². The van der Waals surface area contributed by atoms with E-state index in [1.165, 1.54) is 0 Å². The van der Waals surface area contributed by atoms with Crippen molar-refractivity contribution in [1.82, 2.24) is 5.32 Å². The zero-order valence-electron chi connectivity index (χ0n) is 12.0. The van der Waals surface area contributed by atoms with E-state index in [4.69, 9.17) is 10.2 Å². The molecule has 6 nitrogen and oxygen atoms in total. The molecule has 0 fully saturated rings. The number of amides is 1. The standard InChI is InChI=1S/C15H20N2O4/c1-17-13-3-2-10(6-11(13)8-14(17)19)7-12(9-15(20)21)16-4-5-18/h2-3,6,12,16,18H,4-5,7-9H2,1H3,(H,20,21). The third-order valence-corrected chi connectivity index (χ3v) is 3.67. The molecule has 1 atom stereocenters. The summed E-state index contributed by atoms with van der Waals surface area (Å²) >= 11 is 0. The van der Waals surface area contributed by atoms with E-state index in [1.807, 2.05) is 18.2 Å². The highest BCUT2D eigenvalue weighted by Crippen LogP contribution is 2.28. The Morgan fingerprint density at radius 3 is 2.90 bits per heavy atom. The Morgan fingerprint density at radius 1 is 1.48 bits per heavy atom. The third-order valence-electron chi connectivity index (χ3n) is 3.67. The van der Waals surface area contributed by atoms with Crippen molar-refractivity contribution < 1.29 is 19.8 Å². The van der Waals surface area contributed by atoms with E-state index >= 15 is 0 Å². The Kier molecular flexibility index (Phi) is 4.93. The van der Waals surface area contributed by atoms with Gasteiger partial charge in [0.15, 0.2) is 0 Å². The van der Waals surface area contributed by atoms with Gasteiger partial charge in [-0.05, 0) is 23.6 Å². The highest BCUT2D eigenvalue weighted by molar-refractivity contribution is 6.00. The zero-order chi connectivity index (χ0) is 15.4. The molecule has 1 unspecified atom stereocenters. The van der Waals surface area contributed by atoms with Crippen molar-refractivity contribution in [2.24, 2.45) is 0 Å². The maximum atomic E-state index is 11.7. The Labute approximate surface area is 123 Å². The first-order valence-electron chi connectivity index (χ1n) is 6.95. The number of hydrogen-bond acceptors (Lipinski definition) is 4. The molecule has 0 aromatic heterocycles. The first-order valence-corrected chi connectivity index (χ1v) is 6.95. The summed E-state index contributed by atoms with van der Waals surface area (Å²) < 4.78 is 0. The average molecular weight is 292 g/mol. The Hall–Kier alpha value is -1.92. The summed E-state index contributed by atoms with van der Waals surface area (Å²) in [4.78, 5) is 24.2. The number of nitrogens with zero attached hydrogens (tertiary/aromatic N) is 1. The average Bonchev–Trinajstić information content (AvgIpc) is 2.70. The minimum Gasteiger partial charge on any atom is -0.481 e. The third kappa shape index (κ3) is 3.80. The van der Waals surface area contributed by atoms with Gasteiger partial charge in [-0.2, -0.15) is 0 Å². The summed E-state index contributed by atoms with van der Waals surface area (Å²) in [6.45, 7) is 0.337. The molecule has 0 saturated heterocycles. The Bertz CT molecular complexity index is 544. The molecule has 0 saturated carbocycles. The molecule has 6 heteroatoms. The van der Waals surface area contributed by atoms with Crippen LogP contribution in [0.15, 0.2) is 18.2 Å². The lowest BCUT2D eigenvalue weighted by atomic mass is 10.00. The van der Waals surface area contributed by atoms with Crippen LogP contribution >= 0.6 is 0 Å². The summed E-state index contributed by atoms with van der Waals surface area (Å²) in [5.74, 6) is -0.802. The molecule has 1 amide bonds. The predicted molar refractivity (Wildman–Crippen MR) is 78.4 cm³/mol. The van der Waals surface area contributed by atoms with Crippen molar-refractivity contribution in [3.63, 3.8) is 0 Å². The second-order valence-corrected chi connectivity index (χ2v) is 5.27. The van der Waals surface area contributed by atoms with E-state index in [9.17, 15) is 9.59 Å². The number of benzene rings is 1. The number of aliphatic hydroxyl groups is 1. The van der Waals surface area contributed by atoms with Crippen LogP contribution in [0.1, 0.15) is 17.5 Å². The Balaban J connectivity index is 2.09. The van der Waals surface area contributed by atoms with Crippen molar-refractivity contribution >= 4 is 17.6 Å².